The van der Waals surface area contributed by atoms with Crippen molar-refractivity contribution in [1.82, 2.24) is 4.98 Å². The van der Waals surface area contributed by atoms with E-state index in [2.05, 4.69) is 9.71 Å². The number of aliphatic hydroxyl groups excluding tert-OH is 1. The maximum Gasteiger partial charge on any atom is 0.263 e. The molecule has 0 aliphatic rings. The van der Waals surface area contributed by atoms with Crippen LogP contribution in [-0.2, 0) is 16.6 Å². The van der Waals surface area contributed by atoms with E-state index in [4.69, 9.17) is 5.11 Å². The number of nitrogens with zero attached hydrogens (tertiary/aromatic N) is 1. The predicted octanol–water partition coefficient (Wildman–Crippen LogP) is 2.05. The summed E-state index contributed by atoms with van der Waals surface area (Å²) >= 11 is 1.27. The average Bonchev–Trinajstić information content (AvgIpc) is 2.74. The number of benzene rings is 1. The molecule has 0 aliphatic carbocycles. The van der Waals surface area contributed by atoms with E-state index in [0.29, 0.717) is 16.3 Å². The van der Waals surface area contributed by atoms with Crippen LogP contribution < -0.4 is 4.72 Å². The minimum atomic E-state index is -3.68. The van der Waals surface area contributed by atoms with E-state index >= 15 is 0 Å². The molecule has 1 aromatic carbocycles. The summed E-state index contributed by atoms with van der Waals surface area (Å²) in [4.78, 5) is 5.07. The lowest BCUT2D eigenvalue weighted by Crippen LogP contribution is -2.14. The number of aromatic nitrogens is 1. The lowest BCUT2D eigenvalue weighted by molar-refractivity contribution is 0.281. The summed E-state index contributed by atoms with van der Waals surface area (Å²) in [5, 5.41) is 9.43. The van der Waals surface area contributed by atoms with Gasteiger partial charge in [0.15, 0.2) is 5.13 Å². The fourth-order valence-corrected chi connectivity index (χ4v) is 3.81. The number of aliphatic hydroxyl groups is 1. The highest BCUT2D eigenvalue weighted by molar-refractivity contribution is 7.93. The van der Waals surface area contributed by atoms with Gasteiger partial charge in [-0.05, 0) is 31.0 Å². The molecule has 1 aromatic heterocycles. The van der Waals surface area contributed by atoms with Crippen LogP contribution in [-0.4, -0.2) is 18.5 Å². The summed E-state index contributed by atoms with van der Waals surface area (Å²) in [7, 11) is -3.68. The second-order valence-corrected chi connectivity index (χ2v) is 7.03. The van der Waals surface area contributed by atoms with Crippen molar-refractivity contribution in [2.24, 2.45) is 0 Å². The number of hydrogen-bond donors (Lipinski definition) is 2. The van der Waals surface area contributed by atoms with Crippen molar-refractivity contribution in [2.45, 2.75) is 25.3 Å². The summed E-state index contributed by atoms with van der Waals surface area (Å²) in [5.41, 5.74) is 1.18. The van der Waals surface area contributed by atoms with Crippen molar-refractivity contribution in [2.75, 3.05) is 4.72 Å². The third-order valence-electron chi connectivity index (χ3n) is 2.57. The van der Waals surface area contributed by atoms with E-state index in [1.807, 2.05) is 6.92 Å². The largest absolute Gasteiger partial charge is 0.392 e. The third-order valence-corrected chi connectivity index (χ3v) is 5.01. The van der Waals surface area contributed by atoms with E-state index in [1.165, 1.54) is 17.4 Å². The number of hydrogen-bond acceptors (Lipinski definition) is 5. The standard InChI is InChI=1S/C12H14N2O3S2/c1-8-3-4-10(7-15)5-11(8)19(16,17)14-12-13-6-9(2)18-12/h3-6,15H,7H2,1-2H3,(H,13,14). The topological polar surface area (TPSA) is 79.3 Å². The summed E-state index contributed by atoms with van der Waals surface area (Å²) in [6, 6.07) is 4.84. The van der Waals surface area contributed by atoms with Gasteiger partial charge in [0.1, 0.15) is 0 Å². The highest BCUT2D eigenvalue weighted by atomic mass is 32.2. The van der Waals surface area contributed by atoms with E-state index in [1.54, 1.807) is 25.3 Å². The van der Waals surface area contributed by atoms with Crippen LogP contribution in [0.15, 0.2) is 29.3 Å². The number of thiazole rings is 1. The Bertz CT molecular complexity index is 693. The van der Waals surface area contributed by atoms with Crippen LogP contribution >= 0.6 is 11.3 Å². The minimum absolute atomic E-state index is 0.159. The molecule has 0 spiro atoms. The Balaban J connectivity index is 2.39. The number of sulfonamides is 1. The van der Waals surface area contributed by atoms with Crippen LogP contribution in [0.2, 0.25) is 0 Å². The highest BCUT2D eigenvalue weighted by Crippen LogP contribution is 2.23. The molecule has 0 radical (unpaired) electrons. The fourth-order valence-electron chi connectivity index (χ4n) is 1.60. The maximum atomic E-state index is 12.3. The van der Waals surface area contributed by atoms with Crippen LogP contribution in [0.5, 0.6) is 0 Å². The molecule has 0 fully saturated rings. The molecule has 102 valence electrons. The zero-order valence-electron chi connectivity index (χ0n) is 10.5. The molecular formula is C12H14N2O3S2. The molecule has 5 nitrogen and oxygen atoms in total. The average molecular weight is 298 g/mol. The van der Waals surface area contributed by atoms with Gasteiger partial charge in [0.2, 0.25) is 0 Å². The van der Waals surface area contributed by atoms with Gasteiger partial charge in [-0.15, -0.1) is 11.3 Å². The predicted molar refractivity (Wildman–Crippen MR) is 74.8 cm³/mol. The van der Waals surface area contributed by atoms with Crippen LogP contribution in [0.1, 0.15) is 16.0 Å². The van der Waals surface area contributed by atoms with Gasteiger partial charge in [-0.2, -0.15) is 0 Å². The number of rotatable bonds is 4. The number of aryl methyl sites for hydroxylation is 2. The van der Waals surface area contributed by atoms with E-state index < -0.39 is 10.0 Å². The van der Waals surface area contributed by atoms with Crippen LogP contribution in [0.4, 0.5) is 5.13 Å². The van der Waals surface area contributed by atoms with Crippen molar-refractivity contribution in [3.05, 3.63) is 40.4 Å². The van der Waals surface area contributed by atoms with Gasteiger partial charge in [-0.25, -0.2) is 13.4 Å². The fraction of sp³-hybridized carbons (Fsp3) is 0.250. The van der Waals surface area contributed by atoms with Crippen LogP contribution in [0, 0.1) is 13.8 Å². The van der Waals surface area contributed by atoms with Crippen molar-refractivity contribution in [1.29, 1.82) is 0 Å². The molecule has 0 unspecified atom stereocenters. The van der Waals surface area contributed by atoms with Gasteiger partial charge in [0.05, 0.1) is 11.5 Å². The van der Waals surface area contributed by atoms with E-state index in [-0.39, 0.29) is 11.5 Å². The van der Waals surface area contributed by atoms with Crippen molar-refractivity contribution in [3.63, 3.8) is 0 Å². The smallest absolute Gasteiger partial charge is 0.263 e. The summed E-state index contributed by atoms with van der Waals surface area (Å²) in [6.07, 6.45) is 1.61. The molecule has 0 saturated carbocycles. The monoisotopic (exact) mass is 298 g/mol. The van der Waals surface area contributed by atoms with Crippen LogP contribution in [0.25, 0.3) is 0 Å². The molecule has 2 N–H and O–H groups in total. The Morgan fingerprint density at radius 2 is 2.11 bits per heavy atom. The molecule has 0 aliphatic heterocycles. The Kier molecular flexibility index (Phi) is 3.88. The Morgan fingerprint density at radius 3 is 2.68 bits per heavy atom. The molecular weight excluding hydrogens is 284 g/mol. The normalized spacial score (nSPS) is 11.5. The molecule has 0 amide bonds. The molecule has 0 bridgehead atoms. The van der Waals surface area contributed by atoms with Crippen molar-refractivity contribution in [3.8, 4) is 0 Å². The lowest BCUT2D eigenvalue weighted by Gasteiger charge is -2.09. The first-order valence-corrected chi connectivity index (χ1v) is 7.88. The van der Waals surface area contributed by atoms with Crippen molar-refractivity contribution >= 4 is 26.5 Å². The molecule has 2 aromatic rings. The van der Waals surface area contributed by atoms with Gasteiger partial charge >= 0.3 is 0 Å². The number of anilines is 1. The lowest BCUT2D eigenvalue weighted by atomic mass is 10.2. The quantitative estimate of drug-likeness (QED) is 0.905. The highest BCUT2D eigenvalue weighted by Gasteiger charge is 2.18. The minimum Gasteiger partial charge on any atom is -0.392 e. The van der Waals surface area contributed by atoms with Gasteiger partial charge in [-0.3, -0.25) is 4.72 Å². The summed E-state index contributed by atoms with van der Waals surface area (Å²) < 4.78 is 27.0. The van der Waals surface area contributed by atoms with Gasteiger partial charge < -0.3 is 5.11 Å². The summed E-state index contributed by atoms with van der Waals surface area (Å²) in [6.45, 7) is 3.37. The zero-order valence-corrected chi connectivity index (χ0v) is 12.2. The number of nitrogens with one attached hydrogen (secondary N) is 1. The SMILES string of the molecule is Cc1cnc(NS(=O)(=O)c2cc(CO)ccc2C)s1. The first kappa shape index (κ1) is 14.0. The first-order valence-electron chi connectivity index (χ1n) is 5.58. The zero-order chi connectivity index (χ0) is 14.0. The Morgan fingerprint density at radius 1 is 1.37 bits per heavy atom. The first-order chi connectivity index (χ1) is 8.92. The molecule has 19 heavy (non-hydrogen) atoms. The Labute approximate surface area is 116 Å². The van der Waals surface area contributed by atoms with Crippen LogP contribution in [0.3, 0.4) is 0 Å². The van der Waals surface area contributed by atoms with E-state index in [9.17, 15) is 8.42 Å². The third kappa shape index (κ3) is 3.12. The molecule has 7 heteroatoms. The van der Waals surface area contributed by atoms with Crippen molar-refractivity contribution < 1.29 is 13.5 Å². The van der Waals surface area contributed by atoms with Gasteiger partial charge in [0.25, 0.3) is 10.0 Å². The molecule has 2 rings (SSSR count). The molecule has 0 saturated heterocycles. The second-order valence-electron chi connectivity index (χ2n) is 4.14. The van der Waals surface area contributed by atoms with Gasteiger partial charge in [-0.1, -0.05) is 12.1 Å². The summed E-state index contributed by atoms with van der Waals surface area (Å²) in [5.74, 6) is 0. The maximum absolute atomic E-state index is 12.3. The molecule has 0 atom stereocenters. The second kappa shape index (κ2) is 5.28. The molecule has 1 heterocycles. The van der Waals surface area contributed by atoms with Gasteiger partial charge in [0, 0.05) is 11.1 Å². The Hall–Kier alpha value is -1.44. The van der Waals surface area contributed by atoms with E-state index in [0.717, 1.165) is 4.88 Å².